The van der Waals surface area contributed by atoms with Crippen molar-refractivity contribution in [3.63, 3.8) is 0 Å². The number of rotatable bonds is 3. The standard InChI is InChI=1S/C20H19N5O2/c26-19-7-6-16(13-21-19)20(27)25-10-8-24(9-11-25)18-12-17(22-14-23-18)15-4-2-1-3-5-15/h1-7,12-14H,8-11H2,(H,21,26). The minimum absolute atomic E-state index is 0.0708. The molecule has 0 bridgehead atoms. The summed E-state index contributed by atoms with van der Waals surface area (Å²) in [6.45, 7) is 2.59. The van der Waals surface area contributed by atoms with Crippen LogP contribution in [-0.2, 0) is 0 Å². The summed E-state index contributed by atoms with van der Waals surface area (Å²) in [6.07, 6.45) is 3.04. The molecule has 1 amide bonds. The fraction of sp³-hybridized carbons (Fsp3) is 0.200. The molecule has 1 aliphatic heterocycles. The van der Waals surface area contributed by atoms with Crippen LogP contribution in [0.2, 0.25) is 0 Å². The Labute approximate surface area is 156 Å². The molecule has 2 aromatic heterocycles. The molecule has 3 aromatic rings. The minimum Gasteiger partial charge on any atom is -0.353 e. The first-order chi connectivity index (χ1) is 13.2. The maximum Gasteiger partial charge on any atom is 0.255 e. The Bertz CT molecular complexity index is 974. The van der Waals surface area contributed by atoms with Crippen LogP contribution in [0.15, 0.2) is 65.8 Å². The Morgan fingerprint density at radius 1 is 0.963 bits per heavy atom. The first-order valence-electron chi connectivity index (χ1n) is 8.81. The van der Waals surface area contributed by atoms with Crippen LogP contribution in [0, 0.1) is 0 Å². The second-order valence-corrected chi connectivity index (χ2v) is 6.35. The molecule has 0 saturated carbocycles. The number of aromatic amines is 1. The third-order valence-electron chi connectivity index (χ3n) is 4.64. The van der Waals surface area contributed by atoms with Gasteiger partial charge in [-0.05, 0) is 6.07 Å². The number of aromatic nitrogens is 3. The molecule has 0 unspecified atom stereocenters. The number of pyridine rings is 1. The molecule has 27 heavy (non-hydrogen) atoms. The van der Waals surface area contributed by atoms with Crippen LogP contribution >= 0.6 is 0 Å². The highest BCUT2D eigenvalue weighted by Crippen LogP contribution is 2.21. The van der Waals surface area contributed by atoms with Crippen LogP contribution in [0.25, 0.3) is 11.3 Å². The largest absolute Gasteiger partial charge is 0.353 e. The van der Waals surface area contributed by atoms with E-state index in [4.69, 9.17) is 0 Å². The van der Waals surface area contributed by atoms with Gasteiger partial charge in [-0.15, -0.1) is 0 Å². The number of carbonyl (C=O) groups excluding carboxylic acids is 1. The molecular weight excluding hydrogens is 342 g/mol. The normalized spacial score (nSPS) is 14.2. The smallest absolute Gasteiger partial charge is 0.255 e. The third-order valence-corrected chi connectivity index (χ3v) is 4.64. The Balaban J connectivity index is 1.44. The summed E-state index contributed by atoms with van der Waals surface area (Å²) in [4.78, 5) is 39.0. The molecule has 0 radical (unpaired) electrons. The Kier molecular flexibility index (Phi) is 4.65. The zero-order chi connectivity index (χ0) is 18.6. The summed E-state index contributed by atoms with van der Waals surface area (Å²) >= 11 is 0. The maximum atomic E-state index is 12.6. The number of nitrogens with zero attached hydrogens (tertiary/aromatic N) is 4. The van der Waals surface area contributed by atoms with Gasteiger partial charge in [0, 0.05) is 50.1 Å². The van der Waals surface area contributed by atoms with E-state index in [-0.39, 0.29) is 11.5 Å². The summed E-state index contributed by atoms with van der Waals surface area (Å²) in [5, 5.41) is 0. The second kappa shape index (κ2) is 7.41. The van der Waals surface area contributed by atoms with E-state index < -0.39 is 0 Å². The number of amides is 1. The zero-order valence-electron chi connectivity index (χ0n) is 14.7. The zero-order valence-corrected chi connectivity index (χ0v) is 14.7. The molecule has 1 aromatic carbocycles. The van der Waals surface area contributed by atoms with Crippen molar-refractivity contribution in [2.45, 2.75) is 0 Å². The first-order valence-corrected chi connectivity index (χ1v) is 8.81. The van der Waals surface area contributed by atoms with Crippen molar-refractivity contribution in [1.82, 2.24) is 19.9 Å². The number of nitrogens with one attached hydrogen (secondary N) is 1. The van der Waals surface area contributed by atoms with Crippen molar-refractivity contribution in [3.8, 4) is 11.3 Å². The van der Waals surface area contributed by atoms with E-state index in [0.717, 1.165) is 17.1 Å². The van der Waals surface area contributed by atoms with Crippen molar-refractivity contribution in [1.29, 1.82) is 0 Å². The van der Waals surface area contributed by atoms with Crippen molar-refractivity contribution in [2.24, 2.45) is 0 Å². The van der Waals surface area contributed by atoms with Crippen LogP contribution in [0.1, 0.15) is 10.4 Å². The molecule has 0 aliphatic carbocycles. The topological polar surface area (TPSA) is 82.2 Å². The van der Waals surface area contributed by atoms with Crippen LogP contribution in [-0.4, -0.2) is 51.9 Å². The predicted octanol–water partition coefficient (Wildman–Crippen LogP) is 1.79. The lowest BCUT2D eigenvalue weighted by Crippen LogP contribution is -2.49. The number of benzene rings is 1. The van der Waals surface area contributed by atoms with Crippen LogP contribution in [0.3, 0.4) is 0 Å². The van der Waals surface area contributed by atoms with Gasteiger partial charge in [0.1, 0.15) is 12.1 Å². The molecule has 7 heteroatoms. The number of piperazine rings is 1. The van der Waals surface area contributed by atoms with E-state index in [9.17, 15) is 9.59 Å². The van der Waals surface area contributed by atoms with Gasteiger partial charge in [-0.3, -0.25) is 9.59 Å². The highest BCUT2D eigenvalue weighted by Gasteiger charge is 2.23. The molecule has 3 heterocycles. The van der Waals surface area contributed by atoms with Crippen molar-refractivity contribution >= 4 is 11.7 Å². The number of anilines is 1. The molecule has 1 fully saturated rings. The van der Waals surface area contributed by atoms with Crippen LogP contribution in [0.4, 0.5) is 5.82 Å². The molecule has 1 saturated heterocycles. The molecular formula is C20H19N5O2. The molecule has 0 atom stereocenters. The average Bonchev–Trinajstić information content (AvgIpc) is 2.75. The summed E-state index contributed by atoms with van der Waals surface area (Å²) < 4.78 is 0. The number of carbonyl (C=O) groups is 1. The summed E-state index contributed by atoms with van der Waals surface area (Å²) in [7, 11) is 0. The first kappa shape index (κ1) is 17.0. The van der Waals surface area contributed by atoms with Crippen molar-refractivity contribution in [2.75, 3.05) is 31.1 Å². The van der Waals surface area contributed by atoms with Gasteiger partial charge >= 0.3 is 0 Å². The minimum atomic E-state index is -0.214. The van der Waals surface area contributed by atoms with E-state index in [1.165, 1.54) is 12.3 Å². The SMILES string of the molecule is O=C(c1ccc(=O)[nH]c1)N1CCN(c2cc(-c3ccccc3)ncn2)CC1. The fourth-order valence-electron chi connectivity index (χ4n) is 3.15. The van der Waals surface area contributed by atoms with Crippen molar-refractivity contribution in [3.05, 3.63) is 77.0 Å². The molecule has 136 valence electrons. The Morgan fingerprint density at radius 2 is 1.74 bits per heavy atom. The van der Waals surface area contributed by atoms with Crippen LogP contribution in [0.5, 0.6) is 0 Å². The Hall–Kier alpha value is -3.48. The van der Waals surface area contributed by atoms with E-state index in [1.54, 1.807) is 17.3 Å². The highest BCUT2D eigenvalue weighted by molar-refractivity contribution is 5.94. The van der Waals surface area contributed by atoms with Crippen molar-refractivity contribution < 1.29 is 4.79 Å². The highest BCUT2D eigenvalue weighted by atomic mass is 16.2. The van der Waals surface area contributed by atoms with Gasteiger partial charge in [-0.2, -0.15) is 0 Å². The molecule has 1 N–H and O–H groups in total. The van der Waals surface area contributed by atoms with E-state index in [2.05, 4.69) is 19.9 Å². The van der Waals surface area contributed by atoms with Gasteiger partial charge in [0.2, 0.25) is 5.56 Å². The third kappa shape index (κ3) is 3.72. The summed E-state index contributed by atoms with van der Waals surface area (Å²) in [6, 6.07) is 14.9. The van der Waals surface area contributed by atoms with Gasteiger partial charge in [-0.25, -0.2) is 9.97 Å². The Morgan fingerprint density at radius 3 is 2.44 bits per heavy atom. The lowest BCUT2D eigenvalue weighted by Gasteiger charge is -2.35. The predicted molar refractivity (Wildman–Crippen MR) is 103 cm³/mol. The van der Waals surface area contributed by atoms with Crippen LogP contribution < -0.4 is 10.5 Å². The molecule has 0 spiro atoms. The average molecular weight is 361 g/mol. The van der Waals surface area contributed by atoms with Gasteiger partial charge in [0.25, 0.3) is 5.91 Å². The molecule has 1 aliphatic rings. The van der Waals surface area contributed by atoms with Gasteiger partial charge < -0.3 is 14.8 Å². The fourth-order valence-corrected chi connectivity index (χ4v) is 3.15. The lowest BCUT2D eigenvalue weighted by molar-refractivity contribution is 0.0746. The number of hydrogen-bond acceptors (Lipinski definition) is 5. The van der Waals surface area contributed by atoms with Gasteiger partial charge in [0.15, 0.2) is 0 Å². The second-order valence-electron chi connectivity index (χ2n) is 6.35. The summed E-state index contributed by atoms with van der Waals surface area (Å²) in [5.41, 5.74) is 2.21. The number of hydrogen-bond donors (Lipinski definition) is 1. The quantitative estimate of drug-likeness (QED) is 0.769. The van der Waals surface area contributed by atoms with E-state index >= 15 is 0 Å². The maximum absolute atomic E-state index is 12.6. The van der Waals surface area contributed by atoms with E-state index in [1.807, 2.05) is 36.4 Å². The summed E-state index contributed by atoms with van der Waals surface area (Å²) in [5.74, 6) is 0.790. The van der Waals surface area contributed by atoms with E-state index in [0.29, 0.717) is 31.7 Å². The monoisotopic (exact) mass is 361 g/mol. The number of H-pyrrole nitrogens is 1. The van der Waals surface area contributed by atoms with Gasteiger partial charge in [0.05, 0.1) is 11.3 Å². The lowest BCUT2D eigenvalue weighted by atomic mass is 10.1. The van der Waals surface area contributed by atoms with Gasteiger partial charge in [-0.1, -0.05) is 30.3 Å². The molecule has 7 nitrogen and oxygen atoms in total. The molecule has 4 rings (SSSR count).